The van der Waals surface area contributed by atoms with Gasteiger partial charge in [0.2, 0.25) is 0 Å². The van der Waals surface area contributed by atoms with Gasteiger partial charge in [0.1, 0.15) is 5.82 Å². The fourth-order valence-electron chi connectivity index (χ4n) is 5.27. The first kappa shape index (κ1) is 29.1. The molecule has 0 spiro atoms. The summed E-state index contributed by atoms with van der Waals surface area (Å²) in [7, 11) is 0. The topological polar surface area (TPSA) is 98.1 Å². The molecule has 214 valence electrons. The molecule has 4 rings (SSSR count). The van der Waals surface area contributed by atoms with Crippen LogP contribution in [0.2, 0.25) is 0 Å². The number of alkyl halides is 3. The van der Waals surface area contributed by atoms with Crippen molar-refractivity contribution < 1.29 is 27.5 Å². The largest absolute Gasteiger partial charge is 0.466 e. The smallest absolute Gasteiger partial charge is 0.419 e. The van der Waals surface area contributed by atoms with E-state index in [1.165, 1.54) is 10.9 Å². The lowest BCUT2D eigenvalue weighted by Gasteiger charge is -2.27. The number of nitrogens with zero attached hydrogens (tertiary/aromatic N) is 3. The number of hydrogen-bond donors (Lipinski definition) is 2. The van der Waals surface area contributed by atoms with Crippen LogP contribution in [0.25, 0.3) is 5.69 Å². The van der Waals surface area contributed by atoms with Crippen LogP contribution in [0.5, 0.6) is 0 Å². The lowest BCUT2D eigenvalue weighted by atomic mass is 9.89. The molecule has 0 saturated heterocycles. The molecule has 2 heterocycles. The van der Waals surface area contributed by atoms with Crippen molar-refractivity contribution in [3.8, 4) is 5.69 Å². The van der Waals surface area contributed by atoms with Gasteiger partial charge in [-0.1, -0.05) is 25.0 Å². The Labute approximate surface area is 231 Å². The molecule has 1 aliphatic carbocycles. The van der Waals surface area contributed by atoms with Gasteiger partial charge in [-0.2, -0.15) is 18.3 Å². The normalized spacial score (nSPS) is 14.7. The highest BCUT2D eigenvalue weighted by molar-refractivity contribution is 5.94. The van der Waals surface area contributed by atoms with Crippen LogP contribution in [0.1, 0.15) is 77.7 Å². The second kappa shape index (κ2) is 12.5. The van der Waals surface area contributed by atoms with Crippen LogP contribution in [0.3, 0.4) is 0 Å². The van der Waals surface area contributed by atoms with Gasteiger partial charge in [-0.15, -0.1) is 0 Å². The second-order valence-electron chi connectivity index (χ2n) is 10.1. The number of carbonyl (C=O) groups excluding carboxylic acids is 2. The second-order valence-corrected chi connectivity index (χ2v) is 10.1. The quantitative estimate of drug-likeness (QED) is 0.300. The highest BCUT2D eigenvalue weighted by Gasteiger charge is 2.33. The maximum Gasteiger partial charge on any atom is 0.419 e. The molecular formula is C29H34F3N5O3. The molecular weight excluding hydrogens is 523 g/mol. The number of anilines is 1. The van der Waals surface area contributed by atoms with E-state index < -0.39 is 11.7 Å². The molecule has 1 unspecified atom stereocenters. The van der Waals surface area contributed by atoms with E-state index in [9.17, 15) is 22.8 Å². The van der Waals surface area contributed by atoms with Gasteiger partial charge < -0.3 is 15.4 Å². The molecule has 2 aromatic heterocycles. The van der Waals surface area contributed by atoms with Crippen LogP contribution < -0.4 is 10.6 Å². The van der Waals surface area contributed by atoms with E-state index in [2.05, 4.69) is 20.7 Å². The fourth-order valence-corrected chi connectivity index (χ4v) is 5.27. The minimum Gasteiger partial charge on any atom is -0.466 e. The van der Waals surface area contributed by atoms with Crippen LogP contribution in [-0.4, -0.2) is 39.8 Å². The average molecular weight is 558 g/mol. The van der Waals surface area contributed by atoms with Crippen molar-refractivity contribution in [1.82, 2.24) is 20.1 Å². The Morgan fingerprint density at radius 3 is 2.40 bits per heavy atom. The molecule has 1 saturated carbocycles. The van der Waals surface area contributed by atoms with E-state index in [-0.39, 0.29) is 30.9 Å². The van der Waals surface area contributed by atoms with E-state index in [1.54, 1.807) is 19.1 Å². The predicted octanol–water partition coefficient (Wildman–Crippen LogP) is 5.93. The molecule has 3 aromatic rings. The molecule has 0 radical (unpaired) electrons. The van der Waals surface area contributed by atoms with Crippen molar-refractivity contribution in [1.29, 1.82) is 0 Å². The van der Waals surface area contributed by atoms with Crippen LogP contribution in [-0.2, 0) is 15.7 Å². The van der Waals surface area contributed by atoms with Crippen LogP contribution in [0.15, 0.2) is 42.9 Å². The van der Waals surface area contributed by atoms with Gasteiger partial charge in [0.05, 0.1) is 42.1 Å². The van der Waals surface area contributed by atoms with Crippen molar-refractivity contribution in [3.05, 3.63) is 70.7 Å². The van der Waals surface area contributed by atoms with Crippen molar-refractivity contribution in [3.63, 3.8) is 0 Å². The summed E-state index contributed by atoms with van der Waals surface area (Å²) >= 11 is 0. The molecule has 8 nitrogen and oxygen atoms in total. The summed E-state index contributed by atoms with van der Waals surface area (Å²) in [4.78, 5) is 28.4. The van der Waals surface area contributed by atoms with Gasteiger partial charge in [0, 0.05) is 18.9 Å². The third kappa shape index (κ3) is 7.00. The first-order valence-corrected chi connectivity index (χ1v) is 13.5. The minimum atomic E-state index is -4.46. The van der Waals surface area contributed by atoms with E-state index in [4.69, 9.17) is 4.74 Å². The summed E-state index contributed by atoms with van der Waals surface area (Å²) in [6, 6.07) is 7.36. The van der Waals surface area contributed by atoms with E-state index in [0.29, 0.717) is 29.6 Å². The molecule has 1 atom stereocenters. The third-order valence-electron chi connectivity index (χ3n) is 7.13. The Balaban J connectivity index is 1.51. The molecule has 1 aromatic carbocycles. The van der Waals surface area contributed by atoms with E-state index in [0.717, 1.165) is 54.8 Å². The Hall–Kier alpha value is -3.89. The van der Waals surface area contributed by atoms with Gasteiger partial charge in [-0.25, -0.2) is 9.67 Å². The highest BCUT2D eigenvalue weighted by atomic mass is 19.4. The van der Waals surface area contributed by atoms with Crippen LogP contribution >= 0.6 is 0 Å². The maximum absolute atomic E-state index is 13.1. The number of carbonyl (C=O) groups is 2. The van der Waals surface area contributed by atoms with Gasteiger partial charge in [0.15, 0.2) is 0 Å². The molecule has 1 amide bonds. The molecule has 2 N–H and O–H groups in total. The van der Waals surface area contributed by atoms with Gasteiger partial charge >= 0.3 is 12.1 Å². The number of aromatic nitrogens is 3. The monoisotopic (exact) mass is 557 g/mol. The zero-order valence-electron chi connectivity index (χ0n) is 22.8. The molecule has 0 aliphatic heterocycles. The zero-order chi connectivity index (χ0) is 28.9. The van der Waals surface area contributed by atoms with E-state index >= 15 is 0 Å². The number of hydrogen-bond acceptors (Lipinski definition) is 6. The molecule has 0 bridgehead atoms. The summed E-state index contributed by atoms with van der Waals surface area (Å²) in [5, 5.41) is 10.2. The fraction of sp³-hybridized carbons (Fsp3) is 0.448. The SMILES string of the molecule is CCOC(=O)CCNC(=O)c1ccc(NC(c2cc(C)c(-n3cc(C(F)(F)F)cn3)c(C)c2)C2CCCC2)nc1. The van der Waals surface area contributed by atoms with Crippen molar-refractivity contribution >= 4 is 17.7 Å². The number of aryl methyl sites for hydroxylation is 2. The number of ether oxygens (including phenoxy) is 1. The number of rotatable bonds is 10. The summed E-state index contributed by atoms with van der Waals surface area (Å²) < 4.78 is 45.6. The molecule has 40 heavy (non-hydrogen) atoms. The Bertz CT molecular complexity index is 1310. The number of benzene rings is 1. The Morgan fingerprint density at radius 2 is 1.82 bits per heavy atom. The predicted molar refractivity (Wildman–Crippen MR) is 144 cm³/mol. The van der Waals surface area contributed by atoms with Gasteiger partial charge in [-0.05, 0) is 68.4 Å². The van der Waals surface area contributed by atoms with Crippen molar-refractivity contribution in [2.45, 2.75) is 65.1 Å². The number of esters is 1. The van der Waals surface area contributed by atoms with Crippen LogP contribution in [0.4, 0.5) is 19.0 Å². The van der Waals surface area contributed by atoms with Crippen LogP contribution in [0, 0.1) is 19.8 Å². The van der Waals surface area contributed by atoms with Gasteiger partial charge in [-0.3, -0.25) is 9.59 Å². The number of halogens is 3. The molecule has 1 fully saturated rings. The molecule has 1 aliphatic rings. The van der Waals surface area contributed by atoms with Gasteiger partial charge in [0.25, 0.3) is 5.91 Å². The first-order chi connectivity index (χ1) is 19.1. The standard InChI is InChI=1S/C29H34F3N5O3/c1-4-40-25(38)11-12-33-28(39)21-9-10-24(34-15-21)36-26(20-7-5-6-8-20)22-13-18(2)27(19(3)14-22)37-17-23(16-35-37)29(30,31)32/h9-10,13-17,20,26H,4-8,11-12H2,1-3H3,(H,33,39)(H,34,36). The summed E-state index contributed by atoms with van der Waals surface area (Å²) in [5.41, 5.74) is 2.87. The van der Waals surface area contributed by atoms with E-state index in [1.807, 2.05) is 26.0 Å². The Morgan fingerprint density at radius 1 is 1.12 bits per heavy atom. The first-order valence-electron chi connectivity index (χ1n) is 13.5. The average Bonchev–Trinajstić information content (AvgIpc) is 3.60. The number of amides is 1. The van der Waals surface area contributed by atoms with Crippen molar-refractivity contribution in [2.24, 2.45) is 5.92 Å². The summed E-state index contributed by atoms with van der Waals surface area (Å²) in [5.74, 6) is 0.275. The number of pyridine rings is 1. The zero-order valence-corrected chi connectivity index (χ0v) is 22.8. The summed E-state index contributed by atoms with van der Waals surface area (Å²) in [6.45, 7) is 5.94. The van der Waals surface area contributed by atoms with Crippen molar-refractivity contribution in [2.75, 3.05) is 18.5 Å². The number of nitrogens with one attached hydrogen (secondary N) is 2. The lowest BCUT2D eigenvalue weighted by molar-refractivity contribution is -0.143. The minimum absolute atomic E-state index is 0.0611. The summed E-state index contributed by atoms with van der Waals surface area (Å²) in [6.07, 6.45) is 3.34. The Kier molecular flexibility index (Phi) is 9.11. The lowest BCUT2D eigenvalue weighted by Crippen LogP contribution is -2.26. The molecule has 11 heteroatoms. The third-order valence-corrected chi connectivity index (χ3v) is 7.13. The highest BCUT2D eigenvalue weighted by Crippen LogP contribution is 2.39. The maximum atomic E-state index is 13.1.